The average Bonchev–Trinajstić information content (AvgIpc) is 3.42. The van der Waals surface area contributed by atoms with Gasteiger partial charge in [0.15, 0.2) is 5.96 Å². The van der Waals surface area contributed by atoms with E-state index in [4.69, 9.17) is 9.47 Å². The molecule has 7 heteroatoms. The molecule has 3 N–H and O–H groups in total. The standard InChI is InChI=1S/C21H32N4O3/c1-3-22-20(24-14-18(16-6-7-16)25-21(26)27-4-2)23-11-9-15-5-8-19-17(13-15)10-12-28-19/h5,8,13,16,18H,3-4,6-7,9-12,14H2,1-2H3,(H,25,26)(H2,22,23,24). The van der Waals surface area contributed by atoms with Gasteiger partial charge in [0.2, 0.25) is 0 Å². The van der Waals surface area contributed by atoms with Crippen molar-refractivity contribution in [2.75, 3.05) is 32.8 Å². The number of aliphatic imine (C=N–C) groups is 1. The summed E-state index contributed by atoms with van der Waals surface area (Å²) in [5, 5.41) is 9.62. The molecule has 1 aliphatic carbocycles. The summed E-state index contributed by atoms with van der Waals surface area (Å²) in [4.78, 5) is 16.4. The summed E-state index contributed by atoms with van der Waals surface area (Å²) in [6.07, 6.45) is 3.84. The van der Waals surface area contributed by atoms with Crippen molar-refractivity contribution in [3.8, 4) is 5.75 Å². The number of guanidine groups is 1. The summed E-state index contributed by atoms with van der Waals surface area (Å²) < 4.78 is 10.6. The van der Waals surface area contributed by atoms with Crippen LogP contribution in [0.25, 0.3) is 0 Å². The average molecular weight is 389 g/mol. The molecule has 28 heavy (non-hydrogen) atoms. The molecule has 0 spiro atoms. The smallest absolute Gasteiger partial charge is 0.407 e. The second kappa shape index (κ2) is 10.2. The van der Waals surface area contributed by atoms with Crippen LogP contribution in [0.2, 0.25) is 0 Å². The maximum Gasteiger partial charge on any atom is 0.407 e. The van der Waals surface area contributed by atoms with Crippen molar-refractivity contribution in [1.29, 1.82) is 0 Å². The molecule has 1 fully saturated rings. The van der Waals surface area contributed by atoms with Crippen molar-refractivity contribution in [3.05, 3.63) is 29.3 Å². The molecule has 2 aliphatic rings. The van der Waals surface area contributed by atoms with Gasteiger partial charge in [0.25, 0.3) is 0 Å². The van der Waals surface area contributed by atoms with Crippen molar-refractivity contribution in [1.82, 2.24) is 16.0 Å². The number of carbonyl (C=O) groups excluding carboxylic acids is 1. The molecule has 1 aromatic carbocycles. The summed E-state index contributed by atoms with van der Waals surface area (Å²) in [7, 11) is 0. The highest BCUT2D eigenvalue weighted by Crippen LogP contribution is 2.32. The van der Waals surface area contributed by atoms with Crippen LogP contribution in [0.1, 0.15) is 37.8 Å². The molecule has 1 amide bonds. The van der Waals surface area contributed by atoms with Crippen LogP contribution in [0.4, 0.5) is 4.79 Å². The molecule has 7 nitrogen and oxygen atoms in total. The van der Waals surface area contributed by atoms with Crippen molar-refractivity contribution in [2.45, 2.75) is 45.6 Å². The number of nitrogens with one attached hydrogen (secondary N) is 3. The summed E-state index contributed by atoms with van der Waals surface area (Å²) in [6, 6.07) is 6.47. The molecule has 1 saturated carbocycles. The van der Waals surface area contributed by atoms with Gasteiger partial charge < -0.3 is 25.4 Å². The van der Waals surface area contributed by atoms with Crippen LogP contribution >= 0.6 is 0 Å². The lowest BCUT2D eigenvalue weighted by Gasteiger charge is -2.17. The van der Waals surface area contributed by atoms with Crippen molar-refractivity contribution in [2.24, 2.45) is 10.9 Å². The van der Waals surface area contributed by atoms with Crippen molar-refractivity contribution >= 4 is 12.1 Å². The van der Waals surface area contributed by atoms with Crippen LogP contribution in [0.5, 0.6) is 5.75 Å². The molecule has 1 aliphatic heterocycles. The Morgan fingerprint density at radius 3 is 2.93 bits per heavy atom. The Morgan fingerprint density at radius 2 is 2.18 bits per heavy atom. The Morgan fingerprint density at radius 1 is 1.32 bits per heavy atom. The van der Waals surface area contributed by atoms with E-state index in [0.29, 0.717) is 19.1 Å². The molecule has 1 heterocycles. The molecule has 3 rings (SSSR count). The first kappa shape index (κ1) is 20.3. The molecule has 0 radical (unpaired) electrons. The van der Waals surface area contributed by atoms with Gasteiger partial charge in [-0.3, -0.25) is 4.99 Å². The van der Waals surface area contributed by atoms with Gasteiger partial charge in [0, 0.05) is 19.5 Å². The number of carbonyl (C=O) groups is 1. The SMILES string of the molecule is CCNC(=NCC(NC(=O)OCC)C1CC1)NCCc1ccc2c(c1)CCO2. The first-order chi connectivity index (χ1) is 13.7. The molecule has 1 aromatic rings. The first-order valence-corrected chi connectivity index (χ1v) is 10.4. The predicted octanol–water partition coefficient (Wildman–Crippen LogP) is 2.24. The zero-order chi connectivity index (χ0) is 19.8. The molecule has 1 unspecified atom stereocenters. The van der Waals surface area contributed by atoms with Crippen LogP contribution in [-0.4, -0.2) is 50.9 Å². The Labute approximate surface area is 167 Å². The summed E-state index contributed by atoms with van der Waals surface area (Å²) >= 11 is 0. The summed E-state index contributed by atoms with van der Waals surface area (Å²) in [5.41, 5.74) is 2.60. The lowest BCUT2D eigenvalue weighted by Crippen LogP contribution is -2.42. The fourth-order valence-corrected chi connectivity index (χ4v) is 3.39. The fraction of sp³-hybridized carbons (Fsp3) is 0.619. The van der Waals surface area contributed by atoms with Gasteiger partial charge in [-0.05, 0) is 56.2 Å². The lowest BCUT2D eigenvalue weighted by molar-refractivity contribution is 0.147. The van der Waals surface area contributed by atoms with E-state index in [1.165, 1.54) is 11.1 Å². The van der Waals surface area contributed by atoms with E-state index in [0.717, 1.165) is 57.1 Å². The fourth-order valence-electron chi connectivity index (χ4n) is 3.39. The highest BCUT2D eigenvalue weighted by Gasteiger charge is 2.32. The predicted molar refractivity (Wildman–Crippen MR) is 110 cm³/mol. The van der Waals surface area contributed by atoms with Gasteiger partial charge in [-0.25, -0.2) is 4.79 Å². The van der Waals surface area contributed by atoms with Crippen molar-refractivity contribution in [3.63, 3.8) is 0 Å². The van der Waals surface area contributed by atoms with E-state index in [1.807, 2.05) is 13.8 Å². The number of nitrogens with zero attached hydrogens (tertiary/aromatic N) is 1. The van der Waals surface area contributed by atoms with E-state index in [9.17, 15) is 4.79 Å². The highest BCUT2D eigenvalue weighted by molar-refractivity contribution is 5.79. The zero-order valence-corrected chi connectivity index (χ0v) is 16.9. The van der Waals surface area contributed by atoms with E-state index < -0.39 is 0 Å². The number of ether oxygens (including phenoxy) is 2. The van der Waals surface area contributed by atoms with E-state index in [2.05, 4.69) is 39.1 Å². The van der Waals surface area contributed by atoms with Gasteiger partial charge in [0.1, 0.15) is 5.75 Å². The van der Waals surface area contributed by atoms with Gasteiger partial charge in [-0.15, -0.1) is 0 Å². The van der Waals surface area contributed by atoms with Gasteiger partial charge >= 0.3 is 6.09 Å². The molecular weight excluding hydrogens is 356 g/mol. The number of rotatable bonds is 9. The van der Waals surface area contributed by atoms with Gasteiger partial charge in [0.05, 0.1) is 25.8 Å². The van der Waals surface area contributed by atoms with Crippen LogP contribution in [0, 0.1) is 5.92 Å². The number of hydrogen-bond acceptors (Lipinski definition) is 4. The van der Waals surface area contributed by atoms with Crippen LogP contribution in [0.3, 0.4) is 0 Å². The van der Waals surface area contributed by atoms with Crippen LogP contribution < -0.4 is 20.7 Å². The lowest BCUT2D eigenvalue weighted by atomic mass is 10.1. The Hall–Kier alpha value is -2.44. The Bertz CT molecular complexity index is 688. The number of alkyl carbamates (subject to hydrolysis) is 1. The maximum absolute atomic E-state index is 11.7. The quantitative estimate of drug-likeness (QED) is 0.446. The third kappa shape index (κ3) is 6.04. The normalized spacial score (nSPS) is 16.7. The minimum absolute atomic E-state index is 0.0335. The minimum atomic E-state index is -0.354. The third-order valence-corrected chi connectivity index (χ3v) is 5.02. The minimum Gasteiger partial charge on any atom is -0.493 e. The van der Waals surface area contributed by atoms with Gasteiger partial charge in [-0.2, -0.15) is 0 Å². The Balaban J connectivity index is 1.49. The molecule has 1 atom stereocenters. The summed E-state index contributed by atoms with van der Waals surface area (Å²) in [5.74, 6) is 2.31. The van der Waals surface area contributed by atoms with E-state index >= 15 is 0 Å². The second-order valence-electron chi connectivity index (χ2n) is 7.25. The number of fused-ring (bicyclic) bond motifs is 1. The zero-order valence-electron chi connectivity index (χ0n) is 16.9. The number of hydrogen-bond donors (Lipinski definition) is 3. The molecule has 0 saturated heterocycles. The van der Waals surface area contributed by atoms with Gasteiger partial charge in [-0.1, -0.05) is 12.1 Å². The Kier molecular flexibility index (Phi) is 7.39. The first-order valence-electron chi connectivity index (χ1n) is 10.4. The molecular formula is C21H32N4O3. The number of benzene rings is 1. The molecule has 0 aromatic heterocycles. The molecule has 0 bridgehead atoms. The maximum atomic E-state index is 11.7. The summed E-state index contributed by atoms with van der Waals surface area (Å²) in [6.45, 7) is 7.17. The van der Waals surface area contributed by atoms with Crippen LogP contribution in [-0.2, 0) is 17.6 Å². The van der Waals surface area contributed by atoms with E-state index in [1.54, 1.807) is 0 Å². The highest BCUT2D eigenvalue weighted by atomic mass is 16.5. The largest absolute Gasteiger partial charge is 0.493 e. The van der Waals surface area contributed by atoms with Crippen molar-refractivity contribution < 1.29 is 14.3 Å². The third-order valence-electron chi connectivity index (χ3n) is 5.02. The monoisotopic (exact) mass is 388 g/mol. The topological polar surface area (TPSA) is 84.0 Å². The van der Waals surface area contributed by atoms with Crippen LogP contribution in [0.15, 0.2) is 23.2 Å². The second-order valence-corrected chi connectivity index (χ2v) is 7.25. The van der Waals surface area contributed by atoms with E-state index in [-0.39, 0.29) is 12.1 Å². The number of amides is 1. The molecule has 154 valence electrons.